The van der Waals surface area contributed by atoms with Crippen LogP contribution in [0.3, 0.4) is 0 Å². The second-order valence-corrected chi connectivity index (χ2v) is 8.27. The fourth-order valence-corrected chi connectivity index (χ4v) is 2.94. The molecule has 0 spiro atoms. The summed E-state index contributed by atoms with van der Waals surface area (Å²) in [6, 6.07) is 0. The van der Waals surface area contributed by atoms with E-state index in [-0.39, 0.29) is 19.8 Å². The van der Waals surface area contributed by atoms with Gasteiger partial charge in [0.2, 0.25) is 0 Å². The molecule has 0 bridgehead atoms. The standard InChI is InChI=1S/C16H28I2O4/c1-3-5-11-21-15(19)13(17)9-7-8-10-14(18)16(20)22-12-6-4-2/h13-14H,3-12H2,1-2H3. The van der Waals surface area contributed by atoms with Crippen molar-refractivity contribution < 1.29 is 19.1 Å². The van der Waals surface area contributed by atoms with Crippen molar-refractivity contribution in [2.75, 3.05) is 13.2 Å². The van der Waals surface area contributed by atoms with Crippen LogP contribution >= 0.6 is 45.2 Å². The molecule has 0 aromatic heterocycles. The first-order chi connectivity index (χ1) is 10.5. The number of carbonyl (C=O) groups is 2. The molecular weight excluding hydrogens is 510 g/mol. The number of hydrogen-bond acceptors (Lipinski definition) is 4. The topological polar surface area (TPSA) is 52.6 Å². The van der Waals surface area contributed by atoms with Gasteiger partial charge in [-0.2, -0.15) is 0 Å². The number of alkyl halides is 2. The summed E-state index contributed by atoms with van der Waals surface area (Å²) in [5.41, 5.74) is 0. The van der Waals surface area contributed by atoms with Crippen LogP contribution in [0.5, 0.6) is 0 Å². The zero-order valence-corrected chi connectivity index (χ0v) is 17.9. The summed E-state index contributed by atoms with van der Waals surface area (Å²) in [5.74, 6) is -0.224. The van der Waals surface area contributed by atoms with Crippen LogP contribution in [0, 0.1) is 0 Å². The molecule has 0 aromatic rings. The molecule has 2 unspecified atom stereocenters. The summed E-state index contributed by atoms with van der Waals surface area (Å²) in [4.78, 5) is 23.4. The minimum absolute atomic E-state index is 0.0846. The number of hydrogen-bond donors (Lipinski definition) is 0. The number of esters is 2. The van der Waals surface area contributed by atoms with Crippen molar-refractivity contribution in [3.63, 3.8) is 0 Å². The number of ether oxygens (including phenoxy) is 2. The maximum Gasteiger partial charge on any atom is 0.318 e. The highest BCUT2D eigenvalue weighted by molar-refractivity contribution is 14.1. The van der Waals surface area contributed by atoms with E-state index in [0.29, 0.717) is 13.2 Å². The number of halogens is 2. The Labute approximate surface area is 161 Å². The van der Waals surface area contributed by atoms with E-state index >= 15 is 0 Å². The molecule has 130 valence electrons. The Kier molecular flexibility index (Phi) is 15.2. The Morgan fingerprint density at radius 1 is 0.773 bits per heavy atom. The first-order valence-corrected chi connectivity index (χ1v) is 10.6. The van der Waals surface area contributed by atoms with E-state index < -0.39 is 0 Å². The van der Waals surface area contributed by atoms with Crippen LogP contribution in [0.1, 0.15) is 65.2 Å². The Hall–Kier alpha value is 0.400. The maximum atomic E-state index is 11.7. The molecular formula is C16H28I2O4. The van der Waals surface area contributed by atoms with Gasteiger partial charge in [-0.05, 0) is 25.7 Å². The Morgan fingerprint density at radius 3 is 1.45 bits per heavy atom. The normalized spacial score (nSPS) is 13.5. The fourth-order valence-electron chi connectivity index (χ4n) is 1.70. The van der Waals surface area contributed by atoms with E-state index in [2.05, 4.69) is 59.0 Å². The van der Waals surface area contributed by atoms with Crippen LogP contribution in [-0.4, -0.2) is 33.0 Å². The predicted octanol–water partition coefficient (Wildman–Crippen LogP) is 4.84. The molecule has 0 radical (unpaired) electrons. The second-order valence-electron chi connectivity index (χ2n) is 5.26. The third-order valence-corrected chi connectivity index (χ3v) is 5.42. The molecule has 0 aliphatic rings. The van der Waals surface area contributed by atoms with E-state index in [1.54, 1.807) is 0 Å². The number of rotatable bonds is 13. The Bertz CT molecular complexity index is 281. The van der Waals surface area contributed by atoms with Gasteiger partial charge in [-0.25, -0.2) is 0 Å². The highest BCUT2D eigenvalue weighted by atomic mass is 127. The first-order valence-electron chi connectivity index (χ1n) is 8.14. The van der Waals surface area contributed by atoms with Crippen molar-refractivity contribution in [3.05, 3.63) is 0 Å². The molecule has 22 heavy (non-hydrogen) atoms. The lowest BCUT2D eigenvalue weighted by Crippen LogP contribution is -2.19. The summed E-state index contributed by atoms with van der Waals surface area (Å²) in [5, 5.41) is 0. The molecule has 0 saturated carbocycles. The molecule has 0 N–H and O–H groups in total. The lowest BCUT2D eigenvalue weighted by atomic mass is 10.1. The molecule has 0 aliphatic carbocycles. The smallest absolute Gasteiger partial charge is 0.318 e. The number of unbranched alkanes of at least 4 members (excludes halogenated alkanes) is 3. The van der Waals surface area contributed by atoms with Gasteiger partial charge in [0.15, 0.2) is 0 Å². The first kappa shape index (κ1) is 22.4. The average molecular weight is 538 g/mol. The van der Waals surface area contributed by atoms with Gasteiger partial charge in [0.05, 0.1) is 13.2 Å². The molecule has 4 nitrogen and oxygen atoms in total. The highest BCUT2D eigenvalue weighted by Crippen LogP contribution is 2.17. The largest absolute Gasteiger partial charge is 0.465 e. The Morgan fingerprint density at radius 2 is 1.14 bits per heavy atom. The lowest BCUT2D eigenvalue weighted by molar-refractivity contribution is -0.143. The lowest BCUT2D eigenvalue weighted by Gasteiger charge is -2.11. The van der Waals surface area contributed by atoms with Crippen molar-refractivity contribution >= 4 is 57.1 Å². The molecule has 0 heterocycles. The van der Waals surface area contributed by atoms with Crippen LogP contribution in [0.2, 0.25) is 0 Å². The zero-order chi connectivity index (χ0) is 16.8. The van der Waals surface area contributed by atoms with Crippen molar-refractivity contribution in [2.45, 2.75) is 73.1 Å². The van der Waals surface area contributed by atoms with Crippen molar-refractivity contribution in [1.82, 2.24) is 0 Å². The third-order valence-electron chi connectivity index (χ3n) is 3.16. The molecule has 0 fully saturated rings. The summed E-state index contributed by atoms with van der Waals surface area (Å²) < 4.78 is 10.2. The average Bonchev–Trinajstić information content (AvgIpc) is 2.51. The monoisotopic (exact) mass is 538 g/mol. The van der Waals surface area contributed by atoms with E-state index in [1.165, 1.54) is 0 Å². The van der Waals surface area contributed by atoms with Gasteiger partial charge in [-0.15, -0.1) is 0 Å². The van der Waals surface area contributed by atoms with Gasteiger partial charge < -0.3 is 9.47 Å². The highest BCUT2D eigenvalue weighted by Gasteiger charge is 2.18. The number of carbonyl (C=O) groups excluding carboxylic acids is 2. The molecule has 0 aromatic carbocycles. The zero-order valence-electron chi connectivity index (χ0n) is 13.6. The summed E-state index contributed by atoms with van der Waals surface area (Å²) >= 11 is 4.29. The van der Waals surface area contributed by atoms with Gasteiger partial charge >= 0.3 is 11.9 Å². The summed E-state index contributed by atoms with van der Waals surface area (Å²) in [6.45, 7) is 5.19. The van der Waals surface area contributed by atoms with Gasteiger partial charge in [-0.1, -0.05) is 84.7 Å². The van der Waals surface area contributed by atoms with Gasteiger partial charge in [-0.3, -0.25) is 9.59 Å². The third kappa shape index (κ3) is 11.9. The van der Waals surface area contributed by atoms with Crippen LogP contribution in [0.15, 0.2) is 0 Å². The maximum absolute atomic E-state index is 11.7. The van der Waals surface area contributed by atoms with Crippen LogP contribution in [0.25, 0.3) is 0 Å². The van der Waals surface area contributed by atoms with E-state index in [1.807, 2.05) is 0 Å². The molecule has 0 saturated heterocycles. The summed E-state index contributed by atoms with van der Waals surface area (Å²) in [6.07, 6.45) is 7.38. The molecule has 0 aliphatic heterocycles. The van der Waals surface area contributed by atoms with E-state index in [4.69, 9.17) is 9.47 Å². The predicted molar refractivity (Wildman–Crippen MR) is 106 cm³/mol. The second kappa shape index (κ2) is 15.0. The van der Waals surface area contributed by atoms with Crippen LogP contribution < -0.4 is 0 Å². The van der Waals surface area contributed by atoms with Crippen molar-refractivity contribution in [1.29, 1.82) is 0 Å². The van der Waals surface area contributed by atoms with Gasteiger partial charge in [0.25, 0.3) is 0 Å². The van der Waals surface area contributed by atoms with Gasteiger partial charge in [0.1, 0.15) is 7.85 Å². The molecule has 0 amide bonds. The molecule has 6 heteroatoms. The molecule has 2 atom stereocenters. The van der Waals surface area contributed by atoms with Crippen molar-refractivity contribution in [2.24, 2.45) is 0 Å². The van der Waals surface area contributed by atoms with Crippen LogP contribution in [0.4, 0.5) is 0 Å². The van der Waals surface area contributed by atoms with Crippen molar-refractivity contribution in [3.8, 4) is 0 Å². The fraction of sp³-hybridized carbons (Fsp3) is 0.875. The van der Waals surface area contributed by atoms with Crippen LogP contribution in [-0.2, 0) is 19.1 Å². The van der Waals surface area contributed by atoms with E-state index in [0.717, 1.165) is 51.4 Å². The minimum Gasteiger partial charge on any atom is -0.465 e. The quantitative estimate of drug-likeness (QED) is 0.146. The molecule has 0 rings (SSSR count). The van der Waals surface area contributed by atoms with E-state index in [9.17, 15) is 9.59 Å². The summed E-state index contributed by atoms with van der Waals surface area (Å²) in [7, 11) is 0. The minimum atomic E-state index is -0.112. The Balaban J connectivity index is 3.69. The SMILES string of the molecule is CCCCOC(=O)C(I)CCCCC(I)C(=O)OCCCC. The van der Waals surface area contributed by atoms with Gasteiger partial charge in [0, 0.05) is 0 Å².